The van der Waals surface area contributed by atoms with Crippen molar-refractivity contribution < 1.29 is 86.9 Å². The Morgan fingerprint density at radius 2 is 0.929 bits per heavy atom. The van der Waals surface area contributed by atoms with Crippen LogP contribution in [0.15, 0.2) is 30.5 Å². The van der Waals surface area contributed by atoms with Crippen molar-refractivity contribution in [2.75, 3.05) is 36.1 Å². The first-order chi connectivity index (χ1) is 46.7. The number of carbonyl (C=O) groups excluding carboxylic acids is 14. The number of carboxylic acids is 2. The van der Waals surface area contributed by atoms with Crippen molar-refractivity contribution in [1.29, 1.82) is 0 Å². The molecule has 2 aromatic rings. The maximum Gasteiger partial charge on any atom is 0.326 e. The van der Waals surface area contributed by atoms with E-state index >= 15 is 0 Å². The number of primary amides is 2. The van der Waals surface area contributed by atoms with E-state index in [-0.39, 0.29) is 62.3 Å². The normalized spacial score (nSPS) is 15.3. The molecule has 14 amide bonds. The standard InChI is InChI=1S/C60H95N17O18S4/c1-6-28(3)47(59(93)67-30(5)49(83)72-39(24-96)56(90)75-42(27-99)58(92)77-48(60(94)95)29(4)7-2)76-54(88)38(21-44(64)79)71-52(86)36(16-18-46(81)82)70-51(85)35(14-10-11-19-61)69-55(89)40(25-97)74-57(91)41(26-98)73-53(87)37(20-31-22-65-34-13-9-8-12-32(31)34)68-45(80)23-66-50(84)33(62)15-17-43(63)78/h8-9,12-13,22,28-30,33,35-42,47-48,65,96-99H,6-7,10-11,14-21,23-27,61-62H2,1-5H3,(H2,63,78)(H2,64,79)(H,66,84)(H,67,93)(H,68,80)(H,69,89)(H,70,85)(H,71,86)(H,72,83)(H,73,87)(H,74,91)(H,75,90)(H,76,88)(H,77,92)(H,81,82)(H,94,95)/t28-,29-,30-,33-,35-,36-,37-,38-,39-,40-,41-,42-,47-,48-/m0/s1. The van der Waals surface area contributed by atoms with E-state index in [0.29, 0.717) is 29.3 Å². The quantitative estimate of drug-likeness (QED) is 0.0217. The highest BCUT2D eigenvalue weighted by Gasteiger charge is 2.38. The molecule has 39 heteroatoms. The van der Waals surface area contributed by atoms with E-state index in [4.69, 9.17) is 22.9 Å². The van der Waals surface area contributed by atoms with Crippen molar-refractivity contribution in [3.8, 4) is 0 Å². The highest BCUT2D eigenvalue weighted by molar-refractivity contribution is 7.80. The van der Waals surface area contributed by atoms with Crippen LogP contribution in [0.1, 0.15) is 104 Å². The summed E-state index contributed by atoms with van der Waals surface area (Å²) in [5.74, 6) is -18.9. The first-order valence-electron chi connectivity index (χ1n) is 31.8. The monoisotopic (exact) mass is 1470 g/mol. The van der Waals surface area contributed by atoms with Crippen LogP contribution in [0.3, 0.4) is 0 Å². The first-order valence-corrected chi connectivity index (χ1v) is 34.3. The summed E-state index contributed by atoms with van der Waals surface area (Å²) in [7, 11) is 0. The number of hydrogen-bond donors (Lipinski definition) is 23. The number of aliphatic carboxylic acids is 2. The van der Waals surface area contributed by atoms with Gasteiger partial charge in [-0.3, -0.25) is 71.9 Å². The lowest BCUT2D eigenvalue weighted by atomic mass is 9.97. The molecule has 0 spiro atoms. The van der Waals surface area contributed by atoms with Crippen LogP contribution in [0.4, 0.5) is 0 Å². The number of amides is 14. The zero-order valence-electron chi connectivity index (χ0n) is 55.5. The smallest absolute Gasteiger partial charge is 0.326 e. The first kappa shape index (κ1) is 86.7. The van der Waals surface area contributed by atoms with Gasteiger partial charge >= 0.3 is 11.9 Å². The zero-order valence-corrected chi connectivity index (χ0v) is 59.1. The molecule has 0 unspecified atom stereocenters. The lowest BCUT2D eigenvalue weighted by Crippen LogP contribution is -2.61. The molecule has 0 saturated heterocycles. The molecule has 1 aromatic carbocycles. The fourth-order valence-electron chi connectivity index (χ4n) is 9.38. The van der Waals surface area contributed by atoms with E-state index in [1.54, 1.807) is 58.2 Å². The number of rotatable bonds is 47. The molecular weight excluding hydrogens is 1380 g/mol. The Morgan fingerprint density at radius 1 is 0.485 bits per heavy atom. The predicted molar refractivity (Wildman–Crippen MR) is 374 cm³/mol. The van der Waals surface area contributed by atoms with Gasteiger partial charge in [-0.05, 0) is 69.0 Å². The molecule has 99 heavy (non-hydrogen) atoms. The Hall–Kier alpha value is -8.40. The summed E-state index contributed by atoms with van der Waals surface area (Å²) in [4.78, 5) is 215. The highest BCUT2D eigenvalue weighted by atomic mass is 32.1. The molecule has 1 heterocycles. The van der Waals surface area contributed by atoms with E-state index in [2.05, 4.69) is 119 Å². The number of benzene rings is 1. The lowest BCUT2D eigenvalue weighted by Gasteiger charge is -2.29. The molecule has 0 fully saturated rings. The van der Waals surface area contributed by atoms with E-state index in [9.17, 15) is 86.9 Å². The molecular formula is C60H95N17O18S4. The summed E-state index contributed by atoms with van der Waals surface area (Å²) in [5.41, 5.74) is 23.5. The maximum absolute atomic E-state index is 14.2. The third-order valence-corrected chi connectivity index (χ3v) is 17.2. The van der Waals surface area contributed by atoms with Crippen LogP contribution in [-0.2, 0) is 83.1 Å². The molecule has 14 atom stereocenters. The van der Waals surface area contributed by atoms with Crippen molar-refractivity contribution in [3.63, 3.8) is 0 Å². The number of aromatic nitrogens is 1. The number of carbonyl (C=O) groups is 16. The number of para-hydroxylation sites is 1. The summed E-state index contributed by atoms with van der Waals surface area (Å²) in [6.45, 7) is 7.24. The maximum atomic E-state index is 14.2. The van der Waals surface area contributed by atoms with Gasteiger partial charge in [-0.25, -0.2) is 4.79 Å². The number of thiol groups is 4. The third kappa shape index (κ3) is 29.9. The minimum absolute atomic E-state index is 0.102. The minimum Gasteiger partial charge on any atom is -0.481 e. The van der Waals surface area contributed by atoms with Crippen LogP contribution < -0.4 is 86.7 Å². The SMILES string of the molecule is CC[C@H](C)[C@H](NC(=O)[C@H](CS)NC(=O)[C@H](CS)NC(=O)[C@H](C)NC(=O)[C@@H](NC(=O)[C@H](CC(N)=O)NC(=O)[C@H](CCC(=O)O)NC(=O)[C@H](CCCCN)NC(=O)[C@H](CS)NC(=O)[C@H](CS)NC(=O)[C@H](Cc1c[nH]c2ccccc12)NC(=O)CNC(=O)[C@@H](N)CCC(N)=O)[C@@H](C)CC)C(=O)O. The zero-order chi connectivity index (χ0) is 74.8. The highest BCUT2D eigenvalue weighted by Crippen LogP contribution is 2.20. The summed E-state index contributed by atoms with van der Waals surface area (Å²) in [5, 5.41) is 49.1. The molecule has 0 bridgehead atoms. The van der Waals surface area contributed by atoms with Crippen LogP contribution >= 0.6 is 50.5 Å². The van der Waals surface area contributed by atoms with Crippen LogP contribution in [0.25, 0.3) is 10.9 Å². The molecule has 0 radical (unpaired) electrons. The Labute approximate surface area is 593 Å². The molecule has 0 saturated carbocycles. The minimum atomic E-state index is -1.90. The molecule has 552 valence electrons. The van der Waals surface area contributed by atoms with Gasteiger partial charge in [-0.2, -0.15) is 50.5 Å². The Balaban J connectivity index is 2.34. The number of nitrogens with two attached hydrogens (primary N) is 4. The summed E-state index contributed by atoms with van der Waals surface area (Å²) in [6, 6.07) is -10.8. The molecule has 35 nitrogen and oxygen atoms in total. The summed E-state index contributed by atoms with van der Waals surface area (Å²) < 4.78 is 0. The number of carboxylic acid groups (broad SMARTS) is 2. The number of fused-ring (bicyclic) bond motifs is 1. The van der Waals surface area contributed by atoms with Crippen molar-refractivity contribution in [1.82, 2.24) is 68.8 Å². The van der Waals surface area contributed by atoms with Crippen LogP contribution in [0.2, 0.25) is 0 Å². The van der Waals surface area contributed by atoms with Gasteiger partial charge in [-0.1, -0.05) is 58.7 Å². The van der Waals surface area contributed by atoms with Crippen molar-refractivity contribution in [2.24, 2.45) is 34.8 Å². The molecule has 2 rings (SSSR count). The van der Waals surface area contributed by atoms with Gasteiger partial charge in [0.05, 0.1) is 19.0 Å². The van der Waals surface area contributed by atoms with Crippen LogP contribution in [0, 0.1) is 11.8 Å². The molecule has 0 aliphatic carbocycles. The molecule has 0 aliphatic heterocycles. The molecule has 1 aromatic heterocycles. The van der Waals surface area contributed by atoms with Gasteiger partial charge < -0.3 is 102 Å². The van der Waals surface area contributed by atoms with E-state index in [1.807, 2.05) is 0 Å². The van der Waals surface area contributed by atoms with Gasteiger partial charge in [0.1, 0.15) is 66.5 Å². The third-order valence-electron chi connectivity index (χ3n) is 15.7. The Bertz CT molecular complexity index is 3170. The van der Waals surface area contributed by atoms with Gasteiger partial charge in [0.15, 0.2) is 0 Å². The van der Waals surface area contributed by atoms with Gasteiger partial charge in [0, 0.05) is 59.4 Å². The topological polar surface area (TPSA) is 578 Å². The second-order valence-corrected chi connectivity index (χ2v) is 24.8. The summed E-state index contributed by atoms with van der Waals surface area (Å²) >= 11 is 16.7. The molecule has 23 N–H and O–H groups in total. The lowest BCUT2D eigenvalue weighted by molar-refractivity contribution is -0.143. The van der Waals surface area contributed by atoms with Gasteiger partial charge in [0.2, 0.25) is 82.7 Å². The number of unbranched alkanes of at least 4 members (excludes halogenated alkanes) is 1. The Morgan fingerprint density at radius 3 is 1.41 bits per heavy atom. The average molecular weight is 1470 g/mol. The van der Waals surface area contributed by atoms with E-state index in [1.165, 1.54) is 6.92 Å². The number of nitrogens with one attached hydrogen (secondary N) is 13. The van der Waals surface area contributed by atoms with Crippen molar-refractivity contribution >= 4 is 156 Å². The fourth-order valence-corrected chi connectivity index (χ4v) is 10.4. The number of hydrogen-bond acceptors (Lipinski definition) is 22. The fraction of sp³-hybridized carbons (Fsp3) is 0.600. The largest absolute Gasteiger partial charge is 0.481 e. The van der Waals surface area contributed by atoms with Crippen LogP contribution in [0.5, 0.6) is 0 Å². The number of H-pyrrole nitrogens is 1. The van der Waals surface area contributed by atoms with Gasteiger partial charge in [0.25, 0.3) is 0 Å². The second-order valence-electron chi connectivity index (χ2n) is 23.4. The van der Waals surface area contributed by atoms with Crippen molar-refractivity contribution in [2.45, 2.75) is 178 Å². The van der Waals surface area contributed by atoms with E-state index in [0.717, 1.165) is 0 Å². The average Bonchev–Trinajstić information content (AvgIpc) is 1.75. The molecule has 0 aliphatic rings. The predicted octanol–water partition coefficient (Wildman–Crippen LogP) is -5.46. The van der Waals surface area contributed by atoms with Crippen molar-refractivity contribution in [3.05, 3.63) is 36.0 Å². The Kier molecular flexibility index (Phi) is 39.0. The van der Waals surface area contributed by atoms with Crippen LogP contribution in [-0.4, -0.2) is 218 Å². The number of aromatic amines is 1. The van der Waals surface area contributed by atoms with E-state index < -0.39 is 211 Å². The summed E-state index contributed by atoms with van der Waals surface area (Å²) in [6.07, 6.45) is -0.216. The second kappa shape index (κ2) is 44.6. The van der Waals surface area contributed by atoms with Gasteiger partial charge in [-0.15, -0.1) is 0 Å².